The van der Waals surface area contributed by atoms with E-state index < -0.39 is 8.72 Å². The standard InChI is InChI=1S/C14H25NO2Si/c1-4-18(16-2,17-3)15-13-9-8-12-14-10-6-5-7-11-14/h5-7,10-11,15H,4,8-9,12-13H2,1-3H3. The van der Waals surface area contributed by atoms with E-state index in [-0.39, 0.29) is 0 Å². The van der Waals surface area contributed by atoms with Gasteiger partial charge in [0.05, 0.1) is 0 Å². The van der Waals surface area contributed by atoms with E-state index >= 15 is 0 Å². The lowest BCUT2D eigenvalue weighted by Gasteiger charge is -2.26. The van der Waals surface area contributed by atoms with Gasteiger partial charge in [-0.2, -0.15) is 0 Å². The molecule has 0 bridgehead atoms. The van der Waals surface area contributed by atoms with Gasteiger partial charge in [0.25, 0.3) is 0 Å². The number of hydrogen-bond donors (Lipinski definition) is 1. The molecule has 3 nitrogen and oxygen atoms in total. The number of aryl methyl sites for hydroxylation is 1. The molecule has 0 atom stereocenters. The summed E-state index contributed by atoms with van der Waals surface area (Å²) in [4.78, 5) is 3.46. The Labute approximate surface area is 112 Å². The first-order valence-electron chi connectivity index (χ1n) is 6.65. The maximum absolute atomic E-state index is 5.51. The average Bonchev–Trinajstić information content (AvgIpc) is 2.45. The summed E-state index contributed by atoms with van der Waals surface area (Å²) in [5.41, 5.74) is 1.41. The fourth-order valence-corrected chi connectivity index (χ4v) is 3.86. The number of hydrogen-bond acceptors (Lipinski definition) is 3. The first-order chi connectivity index (χ1) is 8.76. The van der Waals surface area contributed by atoms with Gasteiger partial charge in [-0.05, 0) is 31.4 Å². The van der Waals surface area contributed by atoms with Crippen LogP contribution in [0, 0.1) is 0 Å². The monoisotopic (exact) mass is 267 g/mol. The third-order valence-electron chi connectivity index (χ3n) is 3.25. The van der Waals surface area contributed by atoms with Gasteiger partial charge in [0.1, 0.15) is 0 Å². The molecule has 0 aliphatic rings. The predicted octanol–water partition coefficient (Wildman–Crippen LogP) is 2.85. The highest BCUT2D eigenvalue weighted by molar-refractivity contribution is 6.64. The second-order valence-corrected chi connectivity index (χ2v) is 7.77. The van der Waals surface area contributed by atoms with Crippen LogP contribution in [0.4, 0.5) is 0 Å². The minimum Gasteiger partial charge on any atom is -0.386 e. The molecule has 18 heavy (non-hydrogen) atoms. The predicted molar refractivity (Wildman–Crippen MR) is 77.6 cm³/mol. The average molecular weight is 267 g/mol. The molecule has 0 fully saturated rings. The summed E-state index contributed by atoms with van der Waals surface area (Å²) in [6, 6.07) is 11.5. The molecule has 1 rings (SSSR count). The maximum atomic E-state index is 5.51. The maximum Gasteiger partial charge on any atom is 0.424 e. The van der Waals surface area contributed by atoms with Gasteiger partial charge in [0, 0.05) is 20.3 Å². The Bertz CT molecular complexity index is 307. The van der Waals surface area contributed by atoms with Gasteiger partial charge in [-0.25, -0.2) is 0 Å². The molecule has 0 amide bonds. The van der Waals surface area contributed by atoms with E-state index in [9.17, 15) is 0 Å². The van der Waals surface area contributed by atoms with Crippen molar-refractivity contribution in [1.29, 1.82) is 0 Å². The van der Waals surface area contributed by atoms with Crippen LogP contribution in [0.5, 0.6) is 0 Å². The van der Waals surface area contributed by atoms with Crippen LogP contribution in [-0.2, 0) is 15.3 Å². The highest BCUT2D eigenvalue weighted by Gasteiger charge is 2.32. The Hall–Kier alpha value is -0.683. The third-order valence-corrected chi connectivity index (χ3v) is 6.29. The summed E-state index contributed by atoms with van der Waals surface area (Å²) in [5, 5.41) is 0. The van der Waals surface area contributed by atoms with Crippen LogP contribution in [0.15, 0.2) is 30.3 Å². The molecule has 1 N–H and O–H groups in total. The number of nitrogens with one attached hydrogen (secondary N) is 1. The molecule has 0 unspecified atom stereocenters. The van der Waals surface area contributed by atoms with Crippen molar-refractivity contribution in [2.45, 2.75) is 32.2 Å². The van der Waals surface area contributed by atoms with Gasteiger partial charge in [0.15, 0.2) is 0 Å². The van der Waals surface area contributed by atoms with Crippen molar-refractivity contribution in [2.24, 2.45) is 0 Å². The first-order valence-corrected chi connectivity index (χ1v) is 8.68. The van der Waals surface area contributed by atoms with Crippen molar-refractivity contribution in [2.75, 3.05) is 20.8 Å². The lowest BCUT2D eigenvalue weighted by Crippen LogP contribution is -2.54. The molecule has 0 spiro atoms. The molecular formula is C14H25NO2Si. The highest BCUT2D eigenvalue weighted by atomic mass is 28.4. The van der Waals surface area contributed by atoms with Gasteiger partial charge in [0.2, 0.25) is 0 Å². The topological polar surface area (TPSA) is 30.5 Å². The summed E-state index contributed by atoms with van der Waals surface area (Å²) >= 11 is 0. The number of rotatable bonds is 9. The summed E-state index contributed by atoms with van der Waals surface area (Å²) in [7, 11) is 1.37. The van der Waals surface area contributed by atoms with Crippen LogP contribution in [0.1, 0.15) is 25.3 Å². The minimum absolute atomic E-state index is 0.929. The molecule has 0 radical (unpaired) electrons. The molecule has 1 aromatic carbocycles. The van der Waals surface area contributed by atoms with Crippen molar-refractivity contribution < 1.29 is 8.85 Å². The van der Waals surface area contributed by atoms with Crippen LogP contribution in [0.3, 0.4) is 0 Å². The zero-order valence-electron chi connectivity index (χ0n) is 11.7. The van der Waals surface area contributed by atoms with E-state index in [1.165, 1.54) is 12.0 Å². The molecule has 0 aliphatic carbocycles. The minimum atomic E-state index is -2.10. The SMILES string of the molecule is CC[Si](NCCCCc1ccccc1)(OC)OC. The molecule has 0 saturated carbocycles. The fourth-order valence-electron chi connectivity index (χ4n) is 2.02. The van der Waals surface area contributed by atoms with Crippen molar-refractivity contribution in [3.05, 3.63) is 35.9 Å². The van der Waals surface area contributed by atoms with E-state index in [1.807, 2.05) is 0 Å². The van der Waals surface area contributed by atoms with E-state index in [4.69, 9.17) is 8.85 Å². The summed E-state index contributed by atoms with van der Waals surface area (Å²) in [6.45, 7) is 3.07. The van der Waals surface area contributed by atoms with E-state index in [0.29, 0.717) is 0 Å². The Morgan fingerprint density at radius 1 is 1.06 bits per heavy atom. The van der Waals surface area contributed by atoms with Gasteiger partial charge >= 0.3 is 8.72 Å². The smallest absolute Gasteiger partial charge is 0.386 e. The molecule has 4 heteroatoms. The molecule has 0 aliphatic heterocycles. The Morgan fingerprint density at radius 2 is 1.72 bits per heavy atom. The Morgan fingerprint density at radius 3 is 2.28 bits per heavy atom. The number of benzene rings is 1. The Kier molecular flexibility index (Phi) is 7.20. The molecule has 1 aromatic rings. The second kappa shape index (κ2) is 8.42. The normalized spacial score (nSPS) is 11.7. The van der Waals surface area contributed by atoms with E-state index in [0.717, 1.165) is 25.4 Å². The van der Waals surface area contributed by atoms with E-state index in [2.05, 4.69) is 42.2 Å². The third kappa shape index (κ3) is 4.90. The summed E-state index contributed by atoms with van der Waals surface area (Å²) in [5.74, 6) is 0. The lowest BCUT2D eigenvalue weighted by atomic mass is 10.1. The lowest BCUT2D eigenvalue weighted by molar-refractivity contribution is 0.228. The van der Waals surface area contributed by atoms with Crippen LogP contribution in [0.25, 0.3) is 0 Å². The highest BCUT2D eigenvalue weighted by Crippen LogP contribution is 2.08. The van der Waals surface area contributed by atoms with Crippen LogP contribution < -0.4 is 4.98 Å². The number of unbranched alkanes of at least 4 members (excludes halogenated alkanes) is 1. The zero-order valence-corrected chi connectivity index (χ0v) is 12.7. The van der Waals surface area contributed by atoms with Gasteiger partial charge in [-0.1, -0.05) is 37.3 Å². The van der Waals surface area contributed by atoms with Gasteiger partial charge in [-0.3, -0.25) is 4.98 Å². The van der Waals surface area contributed by atoms with Crippen LogP contribution in [-0.4, -0.2) is 29.5 Å². The van der Waals surface area contributed by atoms with Crippen LogP contribution >= 0.6 is 0 Å². The molecule has 102 valence electrons. The molecule has 0 heterocycles. The van der Waals surface area contributed by atoms with Crippen molar-refractivity contribution in [3.8, 4) is 0 Å². The van der Waals surface area contributed by atoms with E-state index in [1.54, 1.807) is 14.2 Å². The van der Waals surface area contributed by atoms with Gasteiger partial charge in [-0.15, -0.1) is 0 Å². The largest absolute Gasteiger partial charge is 0.424 e. The second-order valence-electron chi connectivity index (χ2n) is 4.38. The quantitative estimate of drug-likeness (QED) is 0.551. The van der Waals surface area contributed by atoms with Crippen molar-refractivity contribution in [3.63, 3.8) is 0 Å². The van der Waals surface area contributed by atoms with Crippen LogP contribution in [0.2, 0.25) is 6.04 Å². The summed E-state index contributed by atoms with van der Waals surface area (Å²) < 4.78 is 11.0. The summed E-state index contributed by atoms with van der Waals surface area (Å²) in [6.07, 6.45) is 3.48. The first kappa shape index (κ1) is 15.4. The molecule has 0 aromatic heterocycles. The zero-order chi connectivity index (χ0) is 13.3. The fraction of sp³-hybridized carbons (Fsp3) is 0.571. The van der Waals surface area contributed by atoms with Crippen molar-refractivity contribution >= 4 is 8.72 Å². The Balaban J connectivity index is 2.18. The molecular weight excluding hydrogens is 242 g/mol. The molecule has 0 saturated heterocycles. The van der Waals surface area contributed by atoms with Crippen molar-refractivity contribution in [1.82, 2.24) is 4.98 Å². The van der Waals surface area contributed by atoms with Gasteiger partial charge < -0.3 is 8.85 Å².